The van der Waals surface area contributed by atoms with Crippen LogP contribution in [0.15, 0.2) is 0 Å². The first-order valence-electron chi connectivity index (χ1n) is 2.77. The topological polar surface area (TPSA) is 75.7 Å². The van der Waals surface area contributed by atoms with Crippen LogP contribution in [0.2, 0.25) is 0 Å². The summed E-state index contributed by atoms with van der Waals surface area (Å²) in [5.41, 5.74) is 5.04. The first-order chi connectivity index (χ1) is 4.22. The van der Waals surface area contributed by atoms with Crippen molar-refractivity contribution in [2.45, 2.75) is 12.2 Å². The molecule has 2 atom stereocenters. The van der Waals surface area contributed by atoms with Gasteiger partial charge in [-0.3, -0.25) is 0 Å². The van der Waals surface area contributed by atoms with Gasteiger partial charge in [-0.05, 0) is 0 Å². The summed E-state index contributed by atoms with van der Waals surface area (Å²) in [6, 6.07) is 0. The molecule has 0 aliphatic heterocycles. The zero-order valence-corrected chi connectivity index (χ0v) is 5.45. The maximum Gasteiger partial charge on any atom is 0.104 e. The van der Waals surface area contributed by atoms with E-state index in [0.29, 0.717) is 0 Å². The first kappa shape index (κ1) is 8.84. The molecule has 0 fully saturated rings. The zero-order valence-electron chi connectivity index (χ0n) is 5.45. The number of hydrogen-bond donors (Lipinski definition) is 3. The van der Waals surface area contributed by atoms with Gasteiger partial charge in [-0.25, -0.2) is 0 Å². The fraction of sp³-hybridized carbons (Fsp3) is 1.00. The van der Waals surface area contributed by atoms with Crippen LogP contribution in [-0.4, -0.2) is 42.7 Å². The lowest BCUT2D eigenvalue weighted by Gasteiger charge is -2.13. The Balaban J connectivity index is 3.32. The third-order valence-electron chi connectivity index (χ3n) is 1.02. The zero-order chi connectivity index (χ0) is 7.28. The van der Waals surface area contributed by atoms with E-state index in [4.69, 9.17) is 15.9 Å². The minimum absolute atomic E-state index is 0.0600. The minimum atomic E-state index is -0.870. The Morgan fingerprint density at radius 1 is 1.44 bits per heavy atom. The molecule has 0 saturated heterocycles. The molecular formula is C5H13NO3. The van der Waals surface area contributed by atoms with Crippen LogP contribution in [0.5, 0.6) is 0 Å². The molecule has 0 unspecified atom stereocenters. The van der Waals surface area contributed by atoms with Gasteiger partial charge in [0.25, 0.3) is 0 Å². The number of aliphatic hydroxyl groups excluding tert-OH is 2. The van der Waals surface area contributed by atoms with Gasteiger partial charge < -0.3 is 20.7 Å². The predicted octanol–water partition coefficient (Wildman–Crippen LogP) is -1.69. The van der Waals surface area contributed by atoms with Crippen LogP contribution in [0.3, 0.4) is 0 Å². The van der Waals surface area contributed by atoms with Crippen LogP contribution in [0, 0.1) is 0 Å². The van der Waals surface area contributed by atoms with Gasteiger partial charge in [0.15, 0.2) is 0 Å². The van der Waals surface area contributed by atoms with E-state index < -0.39 is 12.2 Å². The average molecular weight is 135 g/mol. The molecule has 56 valence electrons. The van der Waals surface area contributed by atoms with Crippen molar-refractivity contribution in [1.29, 1.82) is 0 Å². The highest BCUT2D eigenvalue weighted by Gasteiger charge is 2.12. The van der Waals surface area contributed by atoms with E-state index in [1.807, 2.05) is 0 Å². The Bertz CT molecular complexity index is 69.2. The van der Waals surface area contributed by atoms with Gasteiger partial charge in [0.1, 0.15) is 6.10 Å². The Morgan fingerprint density at radius 2 is 2.00 bits per heavy atom. The average Bonchev–Trinajstić information content (AvgIpc) is 1.87. The highest BCUT2D eigenvalue weighted by atomic mass is 16.5. The maximum atomic E-state index is 8.86. The second-order valence-electron chi connectivity index (χ2n) is 1.83. The van der Waals surface area contributed by atoms with Crippen molar-refractivity contribution in [3.8, 4) is 0 Å². The second-order valence-corrected chi connectivity index (χ2v) is 1.83. The molecule has 0 bridgehead atoms. The standard InChI is InChI=1S/C5H13NO3/c1-9-3-5(8)4(7)2-6/h4-5,7-8H,2-3,6H2,1H3/t4-,5-/m1/s1. The van der Waals surface area contributed by atoms with Crippen LogP contribution in [0.25, 0.3) is 0 Å². The summed E-state index contributed by atoms with van der Waals surface area (Å²) in [4.78, 5) is 0. The smallest absolute Gasteiger partial charge is 0.104 e. The van der Waals surface area contributed by atoms with E-state index in [-0.39, 0.29) is 13.2 Å². The van der Waals surface area contributed by atoms with E-state index >= 15 is 0 Å². The van der Waals surface area contributed by atoms with Gasteiger partial charge in [-0.15, -0.1) is 0 Å². The summed E-state index contributed by atoms with van der Waals surface area (Å²) in [5.74, 6) is 0. The van der Waals surface area contributed by atoms with Gasteiger partial charge in [0, 0.05) is 13.7 Å². The van der Waals surface area contributed by atoms with Crippen molar-refractivity contribution in [2.24, 2.45) is 5.73 Å². The lowest BCUT2D eigenvalue weighted by Crippen LogP contribution is -2.36. The van der Waals surface area contributed by atoms with Gasteiger partial charge in [-0.1, -0.05) is 0 Å². The summed E-state index contributed by atoms with van der Waals surface area (Å²) in [6.45, 7) is 0.183. The Morgan fingerprint density at radius 3 is 2.33 bits per heavy atom. The molecule has 4 heteroatoms. The molecule has 0 aromatic heterocycles. The van der Waals surface area contributed by atoms with Crippen molar-refractivity contribution in [3.05, 3.63) is 0 Å². The fourth-order valence-corrected chi connectivity index (χ4v) is 0.439. The number of ether oxygens (including phenoxy) is 1. The van der Waals surface area contributed by atoms with Crippen molar-refractivity contribution in [2.75, 3.05) is 20.3 Å². The predicted molar refractivity (Wildman–Crippen MR) is 32.9 cm³/mol. The molecule has 0 radical (unpaired) electrons. The Labute approximate surface area is 54.2 Å². The Kier molecular flexibility index (Phi) is 4.61. The van der Waals surface area contributed by atoms with Crippen LogP contribution in [0.4, 0.5) is 0 Å². The number of hydrogen-bond acceptors (Lipinski definition) is 4. The van der Waals surface area contributed by atoms with Crippen LogP contribution in [-0.2, 0) is 4.74 Å². The lowest BCUT2D eigenvalue weighted by atomic mass is 10.2. The molecule has 0 aromatic rings. The van der Waals surface area contributed by atoms with Crippen molar-refractivity contribution in [3.63, 3.8) is 0 Å². The fourth-order valence-electron chi connectivity index (χ4n) is 0.439. The molecule has 0 saturated carbocycles. The quantitative estimate of drug-likeness (QED) is 0.430. The van der Waals surface area contributed by atoms with Gasteiger partial charge in [0.05, 0.1) is 12.7 Å². The summed E-state index contributed by atoms with van der Waals surface area (Å²) in [6.07, 6.45) is -1.73. The molecule has 4 N–H and O–H groups in total. The maximum absolute atomic E-state index is 8.86. The molecule has 0 heterocycles. The van der Waals surface area contributed by atoms with E-state index in [1.54, 1.807) is 0 Å². The minimum Gasteiger partial charge on any atom is -0.389 e. The molecule has 4 nitrogen and oxygen atoms in total. The number of methoxy groups -OCH3 is 1. The second kappa shape index (κ2) is 4.69. The number of nitrogens with two attached hydrogens (primary N) is 1. The summed E-state index contributed by atoms with van der Waals surface area (Å²) < 4.78 is 4.56. The lowest BCUT2D eigenvalue weighted by molar-refractivity contribution is -0.0214. The molecule has 9 heavy (non-hydrogen) atoms. The van der Waals surface area contributed by atoms with Gasteiger partial charge >= 0.3 is 0 Å². The monoisotopic (exact) mass is 135 g/mol. The molecular weight excluding hydrogens is 122 g/mol. The number of aliphatic hydroxyl groups is 2. The van der Waals surface area contributed by atoms with Crippen molar-refractivity contribution in [1.82, 2.24) is 0 Å². The largest absolute Gasteiger partial charge is 0.389 e. The van der Waals surface area contributed by atoms with E-state index in [2.05, 4.69) is 4.74 Å². The molecule has 0 spiro atoms. The molecule has 0 aromatic carbocycles. The van der Waals surface area contributed by atoms with E-state index in [9.17, 15) is 0 Å². The van der Waals surface area contributed by atoms with Gasteiger partial charge in [0.2, 0.25) is 0 Å². The Hall–Kier alpha value is -0.160. The van der Waals surface area contributed by atoms with E-state index in [1.165, 1.54) is 7.11 Å². The van der Waals surface area contributed by atoms with Crippen LogP contribution in [0.1, 0.15) is 0 Å². The normalized spacial score (nSPS) is 17.3. The summed E-state index contributed by atoms with van der Waals surface area (Å²) in [7, 11) is 1.45. The molecule has 0 aliphatic rings. The van der Waals surface area contributed by atoms with Crippen molar-refractivity contribution < 1.29 is 14.9 Å². The highest BCUT2D eigenvalue weighted by molar-refractivity contribution is 4.65. The third kappa shape index (κ3) is 3.42. The SMILES string of the molecule is COC[C@@H](O)[C@H](O)CN. The highest BCUT2D eigenvalue weighted by Crippen LogP contribution is 1.90. The number of rotatable bonds is 4. The van der Waals surface area contributed by atoms with Crippen molar-refractivity contribution >= 4 is 0 Å². The molecule has 0 amide bonds. The molecule has 0 rings (SSSR count). The van der Waals surface area contributed by atoms with Crippen LogP contribution >= 0.6 is 0 Å². The first-order valence-corrected chi connectivity index (χ1v) is 2.77. The molecule has 0 aliphatic carbocycles. The summed E-state index contributed by atoms with van der Waals surface area (Å²) in [5, 5.41) is 17.7. The van der Waals surface area contributed by atoms with E-state index in [0.717, 1.165) is 0 Å². The third-order valence-corrected chi connectivity index (χ3v) is 1.02. The summed E-state index contributed by atoms with van der Waals surface area (Å²) >= 11 is 0. The van der Waals surface area contributed by atoms with Gasteiger partial charge in [-0.2, -0.15) is 0 Å². The van der Waals surface area contributed by atoms with Crippen LogP contribution < -0.4 is 5.73 Å².